The van der Waals surface area contributed by atoms with Gasteiger partial charge in [-0.15, -0.1) is 0 Å². The number of aromatic nitrogens is 1. The van der Waals surface area contributed by atoms with Crippen molar-refractivity contribution >= 4 is 32.4 Å². The molecule has 1 aromatic carbocycles. The molecule has 1 aromatic heterocycles. The van der Waals surface area contributed by atoms with E-state index >= 15 is 0 Å². The van der Waals surface area contributed by atoms with Crippen molar-refractivity contribution in [3.63, 3.8) is 0 Å². The van der Waals surface area contributed by atoms with Crippen LogP contribution in [0.2, 0.25) is 0 Å². The summed E-state index contributed by atoms with van der Waals surface area (Å²) in [6.45, 7) is 1.09. The van der Waals surface area contributed by atoms with Crippen LogP contribution in [0.5, 0.6) is 0 Å². The van der Waals surface area contributed by atoms with E-state index in [0.29, 0.717) is 0 Å². The van der Waals surface area contributed by atoms with Crippen molar-refractivity contribution in [1.29, 1.82) is 0 Å². The minimum Gasteiger partial charge on any atom is -0.399 e. The third-order valence-electron chi connectivity index (χ3n) is 4.81. The molecule has 2 aromatic rings. The first kappa shape index (κ1) is 11.5. The molecular weight excluding hydrogens is 254 g/mol. The van der Waals surface area contributed by atoms with Gasteiger partial charge in [0.1, 0.15) is 0 Å². The second-order valence-corrected chi connectivity index (χ2v) is 7.09. The van der Waals surface area contributed by atoms with Crippen LogP contribution in [0.15, 0.2) is 18.2 Å². The molecule has 2 fully saturated rings. The molecule has 3 unspecified atom stereocenters. The van der Waals surface area contributed by atoms with E-state index in [9.17, 15) is 0 Å². The summed E-state index contributed by atoms with van der Waals surface area (Å²) in [4.78, 5) is 4.63. The molecule has 4 heteroatoms. The minimum absolute atomic E-state index is 0.816. The highest BCUT2D eigenvalue weighted by molar-refractivity contribution is 7.22. The van der Waals surface area contributed by atoms with Crippen molar-refractivity contribution in [3.8, 4) is 0 Å². The maximum Gasteiger partial charge on any atom is 0.183 e. The van der Waals surface area contributed by atoms with Gasteiger partial charge >= 0.3 is 0 Å². The number of nitrogen functional groups attached to an aromatic ring is 1. The lowest BCUT2D eigenvalue weighted by Crippen LogP contribution is -2.19. The smallest absolute Gasteiger partial charge is 0.183 e. The normalized spacial score (nSPS) is 29.2. The number of benzene rings is 1. The summed E-state index contributed by atoms with van der Waals surface area (Å²) in [5.74, 6) is 2.87. The van der Waals surface area contributed by atoms with E-state index in [-0.39, 0.29) is 0 Å². The van der Waals surface area contributed by atoms with Gasteiger partial charge in [-0.1, -0.05) is 17.8 Å². The highest BCUT2D eigenvalue weighted by Gasteiger charge is 2.39. The minimum atomic E-state index is 0.816. The Bertz CT molecular complexity index is 606. The molecule has 100 valence electrons. The Balaban J connectivity index is 1.46. The molecule has 2 saturated carbocycles. The number of nitrogens with zero attached hydrogens (tertiary/aromatic N) is 1. The van der Waals surface area contributed by atoms with Crippen molar-refractivity contribution in [2.24, 2.45) is 17.8 Å². The summed E-state index contributed by atoms with van der Waals surface area (Å²) in [6.07, 6.45) is 5.83. The summed E-state index contributed by atoms with van der Waals surface area (Å²) in [5.41, 5.74) is 7.67. The number of hydrogen-bond acceptors (Lipinski definition) is 4. The van der Waals surface area contributed by atoms with Gasteiger partial charge in [-0.25, -0.2) is 4.98 Å². The lowest BCUT2D eigenvalue weighted by Gasteiger charge is -2.21. The Labute approximate surface area is 117 Å². The quantitative estimate of drug-likeness (QED) is 0.838. The van der Waals surface area contributed by atoms with E-state index in [1.54, 1.807) is 11.3 Å². The van der Waals surface area contributed by atoms with Crippen LogP contribution in [-0.4, -0.2) is 11.5 Å². The molecule has 0 spiro atoms. The average Bonchev–Trinajstić information content (AvgIpc) is 3.09. The number of nitrogens with two attached hydrogens (primary N) is 1. The molecule has 2 bridgehead atoms. The zero-order chi connectivity index (χ0) is 12.8. The Morgan fingerprint density at radius 3 is 3.05 bits per heavy atom. The van der Waals surface area contributed by atoms with Crippen molar-refractivity contribution < 1.29 is 0 Å². The van der Waals surface area contributed by atoms with Gasteiger partial charge in [-0.05, 0) is 55.2 Å². The standard InChI is InChI=1S/C15H19N3S/c16-12-3-4-13-14(7-12)19-15(18-13)17-8-11-6-9-1-2-10(11)5-9/h3-4,7,9-11H,1-2,5-6,8,16H2,(H,17,18). The molecule has 4 rings (SSSR count). The van der Waals surface area contributed by atoms with Gasteiger partial charge in [-0.2, -0.15) is 0 Å². The summed E-state index contributed by atoms with van der Waals surface area (Å²) in [5, 5.41) is 4.59. The first-order valence-corrected chi connectivity index (χ1v) is 7.99. The van der Waals surface area contributed by atoms with Gasteiger partial charge in [0.25, 0.3) is 0 Å². The van der Waals surface area contributed by atoms with Gasteiger partial charge < -0.3 is 11.1 Å². The maximum atomic E-state index is 5.81. The van der Waals surface area contributed by atoms with Crippen LogP contribution in [0, 0.1) is 17.8 Å². The molecule has 3 atom stereocenters. The number of hydrogen-bond donors (Lipinski definition) is 2. The maximum absolute atomic E-state index is 5.81. The third-order valence-corrected chi connectivity index (χ3v) is 5.79. The van der Waals surface area contributed by atoms with Crippen LogP contribution in [0.25, 0.3) is 10.2 Å². The lowest BCUT2D eigenvalue weighted by molar-refractivity contribution is 0.348. The summed E-state index contributed by atoms with van der Waals surface area (Å²) < 4.78 is 1.18. The van der Waals surface area contributed by atoms with E-state index in [4.69, 9.17) is 5.73 Å². The van der Waals surface area contributed by atoms with E-state index in [0.717, 1.165) is 40.6 Å². The second kappa shape index (κ2) is 4.37. The largest absolute Gasteiger partial charge is 0.399 e. The van der Waals surface area contributed by atoms with Crippen LogP contribution >= 0.6 is 11.3 Å². The number of fused-ring (bicyclic) bond motifs is 3. The highest BCUT2D eigenvalue weighted by Crippen LogP contribution is 2.48. The predicted molar refractivity (Wildman–Crippen MR) is 81.5 cm³/mol. The number of anilines is 2. The molecule has 3 nitrogen and oxygen atoms in total. The molecule has 0 amide bonds. The van der Waals surface area contributed by atoms with Crippen LogP contribution in [-0.2, 0) is 0 Å². The van der Waals surface area contributed by atoms with Gasteiger partial charge in [0.2, 0.25) is 0 Å². The van der Waals surface area contributed by atoms with Gasteiger partial charge in [0.15, 0.2) is 5.13 Å². The van der Waals surface area contributed by atoms with Crippen LogP contribution in [0.1, 0.15) is 25.7 Å². The van der Waals surface area contributed by atoms with E-state index in [1.165, 1.54) is 30.4 Å². The monoisotopic (exact) mass is 273 g/mol. The van der Waals surface area contributed by atoms with Crippen molar-refractivity contribution in [3.05, 3.63) is 18.2 Å². The first-order chi connectivity index (χ1) is 9.28. The van der Waals surface area contributed by atoms with Crippen LogP contribution < -0.4 is 11.1 Å². The Kier molecular flexibility index (Phi) is 2.65. The Morgan fingerprint density at radius 2 is 2.26 bits per heavy atom. The SMILES string of the molecule is Nc1ccc2nc(NCC3CC4CCC3C4)sc2c1. The molecule has 1 heterocycles. The van der Waals surface area contributed by atoms with Crippen LogP contribution in [0.4, 0.5) is 10.8 Å². The van der Waals surface area contributed by atoms with Crippen LogP contribution in [0.3, 0.4) is 0 Å². The molecule has 0 saturated heterocycles. The molecule has 0 radical (unpaired) electrons. The summed E-state index contributed by atoms with van der Waals surface area (Å²) in [6, 6.07) is 5.93. The molecule has 3 N–H and O–H groups in total. The summed E-state index contributed by atoms with van der Waals surface area (Å²) in [7, 11) is 0. The Hall–Kier alpha value is -1.29. The second-order valence-electron chi connectivity index (χ2n) is 6.06. The van der Waals surface area contributed by atoms with E-state index < -0.39 is 0 Å². The zero-order valence-electron chi connectivity index (χ0n) is 10.9. The van der Waals surface area contributed by atoms with Gasteiger partial charge in [-0.3, -0.25) is 0 Å². The van der Waals surface area contributed by atoms with Gasteiger partial charge in [0.05, 0.1) is 10.2 Å². The van der Waals surface area contributed by atoms with E-state index in [2.05, 4.69) is 10.3 Å². The van der Waals surface area contributed by atoms with Crippen molar-refractivity contribution in [2.45, 2.75) is 25.7 Å². The van der Waals surface area contributed by atoms with Gasteiger partial charge in [0, 0.05) is 12.2 Å². The fourth-order valence-electron chi connectivity index (χ4n) is 3.86. The first-order valence-electron chi connectivity index (χ1n) is 7.18. The predicted octanol–water partition coefficient (Wildman–Crippen LogP) is 3.73. The number of thiazole rings is 1. The van der Waals surface area contributed by atoms with E-state index in [1.807, 2.05) is 18.2 Å². The highest BCUT2D eigenvalue weighted by atomic mass is 32.1. The Morgan fingerprint density at radius 1 is 1.32 bits per heavy atom. The lowest BCUT2D eigenvalue weighted by atomic mass is 9.89. The molecule has 2 aliphatic rings. The topological polar surface area (TPSA) is 50.9 Å². The number of rotatable bonds is 3. The third kappa shape index (κ3) is 2.08. The van der Waals surface area contributed by atoms with Crippen molar-refractivity contribution in [1.82, 2.24) is 4.98 Å². The summed E-state index contributed by atoms with van der Waals surface area (Å²) >= 11 is 1.71. The molecule has 2 aliphatic carbocycles. The van der Waals surface area contributed by atoms with Crippen molar-refractivity contribution in [2.75, 3.05) is 17.6 Å². The molecular formula is C15H19N3S. The number of nitrogens with one attached hydrogen (secondary N) is 1. The average molecular weight is 273 g/mol. The zero-order valence-corrected chi connectivity index (χ0v) is 11.7. The molecule has 19 heavy (non-hydrogen) atoms. The fraction of sp³-hybridized carbons (Fsp3) is 0.533. The molecule has 0 aliphatic heterocycles. The fourth-order valence-corrected chi connectivity index (χ4v) is 4.78.